The first-order valence-corrected chi connectivity index (χ1v) is 12.2. The highest BCUT2D eigenvalue weighted by Gasteiger charge is 2.55. The van der Waals surface area contributed by atoms with Gasteiger partial charge in [-0.15, -0.1) is 0 Å². The number of ether oxygens (including phenoxy) is 1. The zero-order valence-electron chi connectivity index (χ0n) is 20.2. The van der Waals surface area contributed by atoms with Crippen LogP contribution in [0.1, 0.15) is 43.0 Å². The predicted octanol–water partition coefficient (Wildman–Crippen LogP) is 3.14. The molecule has 3 amide bonds. The Morgan fingerprint density at radius 2 is 1.97 bits per heavy atom. The van der Waals surface area contributed by atoms with Gasteiger partial charge in [0.05, 0.1) is 29.6 Å². The minimum atomic E-state index is -1.57. The van der Waals surface area contributed by atoms with Crippen molar-refractivity contribution in [2.45, 2.75) is 37.0 Å². The smallest absolute Gasteiger partial charge is 0.241 e. The number of carbonyl (C=O) groups is 3. The van der Waals surface area contributed by atoms with Gasteiger partial charge in [-0.3, -0.25) is 19.3 Å². The summed E-state index contributed by atoms with van der Waals surface area (Å²) in [5, 5.41) is 0. The molecule has 2 fully saturated rings. The Morgan fingerprint density at radius 1 is 1.19 bits per heavy atom. The number of amides is 3. The Morgan fingerprint density at radius 3 is 2.75 bits per heavy atom. The number of hydrogen-bond donors (Lipinski definition) is 1. The highest BCUT2D eigenvalue weighted by molar-refractivity contribution is 6.10. The van der Waals surface area contributed by atoms with Gasteiger partial charge >= 0.3 is 0 Å². The summed E-state index contributed by atoms with van der Waals surface area (Å²) in [6.07, 6.45) is 1.15. The van der Waals surface area contributed by atoms with E-state index in [4.69, 9.17) is 9.72 Å². The van der Waals surface area contributed by atoms with Crippen molar-refractivity contribution < 1.29 is 23.5 Å². The Hall–Kier alpha value is -3.59. The molecule has 2 aromatic carbocycles. The molecule has 188 valence electrons. The van der Waals surface area contributed by atoms with Crippen molar-refractivity contribution in [1.82, 2.24) is 19.8 Å². The van der Waals surface area contributed by atoms with E-state index in [1.807, 2.05) is 24.3 Å². The summed E-state index contributed by atoms with van der Waals surface area (Å²) in [6.45, 7) is 1.22. The number of aromatic amines is 1. The van der Waals surface area contributed by atoms with Crippen LogP contribution in [0.5, 0.6) is 0 Å². The van der Waals surface area contributed by atoms with Gasteiger partial charge in [-0.25, -0.2) is 9.37 Å². The van der Waals surface area contributed by atoms with Gasteiger partial charge in [-0.2, -0.15) is 0 Å². The number of nitrogens with zero attached hydrogens (tertiary/aromatic N) is 3. The van der Waals surface area contributed by atoms with Crippen LogP contribution in [0.2, 0.25) is 0 Å². The fourth-order valence-electron chi connectivity index (χ4n) is 5.47. The zero-order valence-corrected chi connectivity index (χ0v) is 20.2. The van der Waals surface area contributed by atoms with Crippen molar-refractivity contribution in [1.29, 1.82) is 0 Å². The van der Waals surface area contributed by atoms with Crippen molar-refractivity contribution >= 4 is 28.8 Å². The molecular formula is C27H29FN4O4. The van der Waals surface area contributed by atoms with Crippen LogP contribution < -0.4 is 0 Å². The van der Waals surface area contributed by atoms with E-state index in [9.17, 15) is 18.8 Å². The van der Waals surface area contributed by atoms with E-state index in [1.54, 1.807) is 11.0 Å². The molecule has 2 aliphatic heterocycles. The Balaban J connectivity index is 1.41. The number of likely N-dealkylation sites (tertiary alicyclic amines) is 2. The highest BCUT2D eigenvalue weighted by Crippen LogP contribution is 2.42. The molecule has 1 aromatic heterocycles. The molecule has 0 saturated carbocycles. The largest absolute Gasteiger partial charge is 0.383 e. The Bertz CT molecular complexity index is 1270. The van der Waals surface area contributed by atoms with Crippen molar-refractivity contribution in [3.8, 4) is 0 Å². The number of halogens is 1. The minimum absolute atomic E-state index is 0.0265. The summed E-state index contributed by atoms with van der Waals surface area (Å²) in [7, 11) is 1.48. The van der Waals surface area contributed by atoms with Crippen molar-refractivity contribution in [3.05, 3.63) is 65.7 Å². The monoisotopic (exact) mass is 492 g/mol. The SMILES string of the molecule is COCCN1C(=O)C[C@](CC(=O)N2CCC[C@@H](c3nc4ccccc4[nH]3)C2)(c2ccccc2F)C1=O. The number of carbonyl (C=O) groups excluding carboxylic acids is 3. The summed E-state index contributed by atoms with van der Waals surface area (Å²) in [5.74, 6) is -0.984. The third-order valence-electron chi connectivity index (χ3n) is 7.34. The number of imide groups is 1. The van der Waals surface area contributed by atoms with Gasteiger partial charge in [0.15, 0.2) is 0 Å². The molecule has 0 radical (unpaired) electrons. The van der Waals surface area contributed by atoms with E-state index >= 15 is 0 Å². The first kappa shape index (κ1) is 24.1. The zero-order chi connectivity index (χ0) is 25.3. The molecule has 0 spiro atoms. The standard InChI is InChI=1S/C27H29FN4O4/c1-36-14-13-32-24(34)16-27(26(32)35,19-8-2-3-9-20(19)28)15-23(33)31-12-6-7-18(17-31)25-29-21-10-4-5-11-22(21)30-25/h2-5,8-11,18H,6-7,12-17H2,1H3,(H,29,30)/t18-,27-/m1/s1. The lowest BCUT2D eigenvalue weighted by Gasteiger charge is -2.35. The predicted molar refractivity (Wildman–Crippen MR) is 131 cm³/mol. The lowest BCUT2D eigenvalue weighted by Crippen LogP contribution is -2.46. The maximum Gasteiger partial charge on any atom is 0.241 e. The molecule has 3 heterocycles. The summed E-state index contributed by atoms with van der Waals surface area (Å²) < 4.78 is 20.0. The maximum atomic E-state index is 15.0. The average molecular weight is 493 g/mol. The number of imidazole rings is 1. The third kappa shape index (κ3) is 4.28. The molecule has 9 heteroatoms. The van der Waals surface area contributed by atoms with Crippen LogP contribution in [0.15, 0.2) is 48.5 Å². The first-order chi connectivity index (χ1) is 17.4. The van der Waals surface area contributed by atoms with E-state index in [0.717, 1.165) is 34.6 Å². The molecule has 36 heavy (non-hydrogen) atoms. The molecular weight excluding hydrogens is 463 g/mol. The Labute approximate surface area is 208 Å². The fourth-order valence-corrected chi connectivity index (χ4v) is 5.47. The van der Waals surface area contributed by atoms with Crippen LogP contribution in [0.25, 0.3) is 11.0 Å². The van der Waals surface area contributed by atoms with Crippen molar-refractivity contribution in [2.75, 3.05) is 33.4 Å². The van der Waals surface area contributed by atoms with Crippen LogP contribution >= 0.6 is 0 Å². The summed E-state index contributed by atoms with van der Waals surface area (Å²) in [6, 6.07) is 13.7. The number of hydrogen-bond acceptors (Lipinski definition) is 5. The average Bonchev–Trinajstić information content (AvgIpc) is 3.42. The van der Waals surface area contributed by atoms with Crippen LogP contribution in [-0.4, -0.2) is 70.8 Å². The van der Waals surface area contributed by atoms with Gasteiger partial charge in [0, 0.05) is 44.5 Å². The van der Waals surface area contributed by atoms with Gasteiger partial charge < -0.3 is 14.6 Å². The number of H-pyrrole nitrogens is 1. The van der Waals surface area contributed by atoms with Gasteiger partial charge in [-0.05, 0) is 31.0 Å². The second-order valence-corrected chi connectivity index (χ2v) is 9.58. The van der Waals surface area contributed by atoms with Crippen molar-refractivity contribution in [2.24, 2.45) is 0 Å². The van der Waals surface area contributed by atoms with Gasteiger partial charge in [0.1, 0.15) is 11.6 Å². The van der Waals surface area contributed by atoms with Crippen LogP contribution in [0.4, 0.5) is 4.39 Å². The molecule has 2 atom stereocenters. The second-order valence-electron chi connectivity index (χ2n) is 9.58. The van der Waals surface area contributed by atoms with Gasteiger partial charge in [0.25, 0.3) is 0 Å². The van der Waals surface area contributed by atoms with Gasteiger partial charge in [-0.1, -0.05) is 30.3 Å². The number of rotatable bonds is 7. The maximum absolute atomic E-state index is 15.0. The molecule has 0 unspecified atom stereocenters. The lowest BCUT2D eigenvalue weighted by molar-refractivity contribution is -0.143. The normalized spacial score (nSPS) is 22.6. The molecule has 0 bridgehead atoms. The van der Waals surface area contributed by atoms with E-state index in [0.29, 0.717) is 13.1 Å². The van der Waals surface area contributed by atoms with E-state index in [2.05, 4.69) is 4.98 Å². The topological polar surface area (TPSA) is 95.6 Å². The molecule has 8 nitrogen and oxygen atoms in total. The summed E-state index contributed by atoms with van der Waals surface area (Å²) in [4.78, 5) is 51.0. The second kappa shape index (κ2) is 9.81. The third-order valence-corrected chi connectivity index (χ3v) is 7.34. The van der Waals surface area contributed by atoms with Crippen LogP contribution in [0, 0.1) is 5.82 Å². The van der Waals surface area contributed by atoms with Crippen LogP contribution in [-0.2, 0) is 24.5 Å². The highest BCUT2D eigenvalue weighted by atomic mass is 19.1. The molecule has 2 saturated heterocycles. The molecule has 2 aliphatic rings. The summed E-state index contributed by atoms with van der Waals surface area (Å²) >= 11 is 0. The number of methoxy groups -OCH3 is 1. The fraction of sp³-hybridized carbons (Fsp3) is 0.407. The van der Waals surface area contributed by atoms with Crippen molar-refractivity contribution in [3.63, 3.8) is 0 Å². The molecule has 5 rings (SSSR count). The molecule has 0 aliphatic carbocycles. The molecule has 1 N–H and O–H groups in total. The number of fused-ring (bicyclic) bond motifs is 1. The molecule has 3 aromatic rings. The summed E-state index contributed by atoms with van der Waals surface area (Å²) in [5.41, 5.74) is 0.336. The number of para-hydroxylation sites is 2. The Kier molecular flexibility index (Phi) is 6.57. The number of piperidine rings is 1. The minimum Gasteiger partial charge on any atom is -0.383 e. The first-order valence-electron chi connectivity index (χ1n) is 12.2. The van der Waals surface area contributed by atoms with E-state index in [1.165, 1.54) is 25.3 Å². The number of nitrogens with one attached hydrogen (secondary N) is 1. The lowest BCUT2D eigenvalue weighted by atomic mass is 9.75. The number of benzene rings is 2. The number of aromatic nitrogens is 2. The van der Waals surface area contributed by atoms with E-state index < -0.39 is 23.0 Å². The van der Waals surface area contributed by atoms with Crippen LogP contribution in [0.3, 0.4) is 0 Å². The quantitative estimate of drug-likeness (QED) is 0.512. The van der Waals surface area contributed by atoms with E-state index in [-0.39, 0.29) is 43.4 Å². The van der Waals surface area contributed by atoms with Gasteiger partial charge in [0.2, 0.25) is 17.7 Å².